The zero-order valence-corrected chi connectivity index (χ0v) is 15.6. The largest absolute Gasteiger partial charge is 0.368 e. The Hall–Kier alpha value is -0.450. The lowest BCUT2D eigenvalue weighted by molar-refractivity contribution is -0.239. The zero-order valence-electron chi connectivity index (χ0n) is 15.6. The van der Waals surface area contributed by atoms with Gasteiger partial charge in [0.05, 0.1) is 17.8 Å². The molecule has 2 aliphatic carbocycles. The molecule has 0 unspecified atom stereocenters. The standard InChI is InChI=1S/C20H32O4/c1-13-14(21)10-15-17(2,3)6-5-7-18(15,4)20(13)9-8-19(24-20)11-16(22)23-12-19/h13,15-16,22H,5-12H2,1-4H3/t13-,15+,16+,18+,19+,20+/m1/s1. The summed E-state index contributed by atoms with van der Waals surface area (Å²) in [6, 6.07) is 0. The normalized spacial score (nSPS) is 53.7. The second-order valence-electron chi connectivity index (χ2n) is 9.85. The van der Waals surface area contributed by atoms with Crippen LogP contribution in [0.3, 0.4) is 0 Å². The van der Waals surface area contributed by atoms with Crippen LogP contribution in [0.2, 0.25) is 0 Å². The highest BCUT2D eigenvalue weighted by molar-refractivity contribution is 5.84. The fourth-order valence-electron chi connectivity index (χ4n) is 6.80. The Bertz CT molecular complexity index is 558. The summed E-state index contributed by atoms with van der Waals surface area (Å²) in [5.41, 5.74) is -0.571. The summed E-state index contributed by atoms with van der Waals surface area (Å²) >= 11 is 0. The number of hydrogen-bond donors (Lipinski definition) is 1. The van der Waals surface area contributed by atoms with Crippen molar-refractivity contribution < 1.29 is 19.4 Å². The van der Waals surface area contributed by atoms with Crippen molar-refractivity contribution in [3.8, 4) is 0 Å². The Kier molecular flexibility index (Phi) is 3.57. The van der Waals surface area contributed by atoms with Crippen LogP contribution in [0.15, 0.2) is 0 Å². The monoisotopic (exact) mass is 336 g/mol. The molecule has 2 heterocycles. The van der Waals surface area contributed by atoms with Crippen molar-refractivity contribution in [2.45, 2.75) is 90.1 Å². The maximum atomic E-state index is 12.9. The Labute approximate surface area is 145 Å². The first kappa shape index (κ1) is 17.0. The van der Waals surface area contributed by atoms with E-state index in [1.807, 2.05) is 0 Å². The minimum Gasteiger partial charge on any atom is -0.368 e. The Morgan fingerprint density at radius 2 is 1.88 bits per heavy atom. The Morgan fingerprint density at radius 3 is 2.54 bits per heavy atom. The number of carbonyl (C=O) groups is 1. The summed E-state index contributed by atoms with van der Waals surface area (Å²) < 4.78 is 12.3. The van der Waals surface area contributed by atoms with Gasteiger partial charge in [0, 0.05) is 24.2 Å². The predicted molar refractivity (Wildman–Crippen MR) is 90.4 cm³/mol. The van der Waals surface area contributed by atoms with Crippen LogP contribution < -0.4 is 0 Å². The van der Waals surface area contributed by atoms with Gasteiger partial charge in [-0.1, -0.05) is 34.1 Å². The fourth-order valence-corrected chi connectivity index (χ4v) is 6.80. The highest BCUT2D eigenvalue weighted by atomic mass is 16.6. The van der Waals surface area contributed by atoms with Gasteiger partial charge < -0.3 is 14.6 Å². The fraction of sp³-hybridized carbons (Fsp3) is 0.950. The third kappa shape index (κ3) is 2.05. The summed E-state index contributed by atoms with van der Waals surface area (Å²) in [7, 11) is 0. The molecule has 0 aromatic carbocycles. The highest BCUT2D eigenvalue weighted by Crippen LogP contribution is 2.67. The van der Waals surface area contributed by atoms with Gasteiger partial charge in [0.15, 0.2) is 6.29 Å². The Balaban J connectivity index is 1.76. The van der Waals surface area contributed by atoms with Crippen molar-refractivity contribution in [3.05, 3.63) is 0 Å². The third-order valence-electron chi connectivity index (χ3n) is 8.22. The van der Waals surface area contributed by atoms with Crippen LogP contribution in [-0.2, 0) is 14.3 Å². The number of carbonyl (C=O) groups excluding carboxylic acids is 1. The van der Waals surface area contributed by atoms with Gasteiger partial charge in [-0.15, -0.1) is 0 Å². The van der Waals surface area contributed by atoms with Crippen LogP contribution in [0.4, 0.5) is 0 Å². The summed E-state index contributed by atoms with van der Waals surface area (Å²) in [4.78, 5) is 12.9. The molecule has 24 heavy (non-hydrogen) atoms. The summed E-state index contributed by atoms with van der Waals surface area (Å²) in [5.74, 6) is 0.679. The molecule has 4 heteroatoms. The van der Waals surface area contributed by atoms with Crippen LogP contribution in [0.1, 0.15) is 72.6 Å². The average molecular weight is 336 g/mol. The average Bonchev–Trinajstić information content (AvgIpc) is 3.05. The molecular weight excluding hydrogens is 304 g/mol. The smallest absolute Gasteiger partial charge is 0.157 e. The van der Waals surface area contributed by atoms with Crippen LogP contribution >= 0.6 is 0 Å². The second kappa shape index (κ2) is 5.05. The van der Waals surface area contributed by atoms with Crippen molar-refractivity contribution in [1.29, 1.82) is 0 Å². The van der Waals surface area contributed by atoms with Crippen LogP contribution in [0, 0.1) is 22.7 Å². The number of aliphatic hydroxyl groups excluding tert-OH is 1. The molecule has 136 valence electrons. The van der Waals surface area contributed by atoms with Gasteiger partial charge >= 0.3 is 0 Å². The van der Waals surface area contributed by atoms with Gasteiger partial charge in [-0.2, -0.15) is 0 Å². The molecular formula is C20H32O4. The van der Waals surface area contributed by atoms with E-state index in [9.17, 15) is 9.90 Å². The van der Waals surface area contributed by atoms with Crippen molar-refractivity contribution in [2.75, 3.05) is 6.61 Å². The number of ether oxygens (including phenoxy) is 2. The molecule has 4 nitrogen and oxygen atoms in total. The number of Topliss-reactive ketones (excluding diaryl/α,β-unsaturated/α-hetero) is 1. The molecule has 4 rings (SSSR count). The quantitative estimate of drug-likeness (QED) is 0.736. The van der Waals surface area contributed by atoms with Gasteiger partial charge in [0.2, 0.25) is 0 Å². The Morgan fingerprint density at radius 1 is 1.12 bits per heavy atom. The molecule has 2 aliphatic heterocycles. The van der Waals surface area contributed by atoms with Crippen molar-refractivity contribution in [1.82, 2.24) is 0 Å². The van der Waals surface area contributed by atoms with E-state index in [1.165, 1.54) is 12.8 Å². The van der Waals surface area contributed by atoms with Gasteiger partial charge in [0.1, 0.15) is 5.78 Å². The zero-order chi connectivity index (χ0) is 17.4. The minimum absolute atomic E-state index is 0.0269. The van der Waals surface area contributed by atoms with Gasteiger partial charge in [-0.25, -0.2) is 0 Å². The van der Waals surface area contributed by atoms with E-state index < -0.39 is 11.9 Å². The molecule has 1 N–H and O–H groups in total. The molecule has 0 aromatic rings. The topological polar surface area (TPSA) is 55.8 Å². The SMILES string of the molecule is C[C@@H]1C(=O)C[C@H]2C(C)(C)CCC[C@]2(C)[C@]12CC[C@]1(CO[C@H](O)C1)O2. The summed E-state index contributed by atoms with van der Waals surface area (Å²) in [6.45, 7) is 9.59. The number of hydrogen-bond acceptors (Lipinski definition) is 4. The molecule has 2 saturated carbocycles. The number of ketones is 1. The number of fused-ring (bicyclic) bond motifs is 2. The lowest BCUT2D eigenvalue weighted by Gasteiger charge is -2.63. The highest BCUT2D eigenvalue weighted by Gasteiger charge is 2.69. The predicted octanol–water partition coefficient (Wildman–Crippen LogP) is 3.45. The maximum Gasteiger partial charge on any atom is 0.157 e. The van der Waals surface area contributed by atoms with E-state index in [0.29, 0.717) is 31.1 Å². The summed E-state index contributed by atoms with van der Waals surface area (Å²) in [5, 5.41) is 9.87. The molecule has 0 aromatic heterocycles. The van der Waals surface area contributed by atoms with E-state index >= 15 is 0 Å². The summed E-state index contributed by atoms with van der Waals surface area (Å²) in [6.07, 6.45) is 5.86. The second-order valence-corrected chi connectivity index (χ2v) is 9.85. The first-order valence-corrected chi connectivity index (χ1v) is 9.67. The van der Waals surface area contributed by atoms with Gasteiger partial charge in [-0.05, 0) is 37.0 Å². The van der Waals surface area contributed by atoms with Gasteiger partial charge in [0.25, 0.3) is 0 Å². The molecule has 0 amide bonds. The number of rotatable bonds is 0. The van der Waals surface area contributed by atoms with Crippen LogP contribution in [0.5, 0.6) is 0 Å². The van der Waals surface area contributed by atoms with Gasteiger partial charge in [-0.3, -0.25) is 4.79 Å². The van der Waals surface area contributed by atoms with E-state index in [-0.39, 0.29) is 22.3 Å². The molecule has 6 atom stereocenters. The van der Waals surface area contributed by atoms with E-state index in [0.717, 1.165) is 19.3 Å². The molecule has 0 bridgehead atoms. The van der Waals surface area contributed by atoms with Crippen molar-refractivity contribution in [3.63, 3.8) is 0 Å². The van der Waals surface area contributed by atoms with E-state index in [2.05, 4.69) is 27.7 Å². The molecule has 4 fully saturated rings. The van der Waals surface area contributed by atoms with Crippen molar-refractivity contribution in [2.24, 2.45) is 22.7 Å². The molecule has 2 spiro atoms. The molecule has 0 radical (unpaired) electrons. The lowest BCUT2D eigenvalue weighted by Crippen LogP contribution is -2.65. The van der Waals surface area contributed by atoms with E-state index in [1.54, 1.807) is 0 Å². The van der Waals surface area contributed by atoms with Crippen LogP contribution in [-0.4, -0.2) is 35.0 Å². The number of aliphatic hydroxyl groups is 1. The molecule has 4 aliphatic rings. The minimum atomic E-state index is -0.721. The first-order valence-electron chi connectivity index (χ1n) is 9.67. The van der Waals surface area contributed by atoms with E-state index in [4.69, 9.17) is 9.47 Å². The van der Waals surface area contributed by atoms with Crippen molar-refractivity contribution >= 4 is 5.78 Å². The lowest BCUT2D eigenvalue weighted by atomic mass is 9.44. The first-order chi connectivity index (χ1) is 11.1. The molecule has 2 saturated heterocycles. The maximum absolute atomic E-state index is 12.9. The third-order valence-corrected chi connectivity index (χ3v) is 8.22. The van der Waals surface area contributed by atoms with Crippen LogP contribution in [0.25, 0.3) is 0 Å².